The fourth-order valence-corrected chi connectivity index (χ4v) is 2.39. The van der Waals surface area contributed by atoms with Crippen LogP contribution in [0.4, 0.5) is 5.13 Å². The Balaban J connectivity index is 2.58. The Morgan fingerprint density at radius 1 is 1.29 bits per heavy atom. The van der Waals surface area contributed by atoms with Crippen LogP contribution in [0.1, 0.15) is 0 Å². The Hall–Kier alpha value is -1.46. The summed E-state index contributed by atoms with van der Waals surface area (Å²) in [5.74, 6) is 1.10. The van der Waals surface area contributed by atoms with Gasteiger partial charge in [0, 0.05) is 10.9 Å². The lowest BCUT2D eigenvalue weighted by atomic mass is 10.1. The van der Waals surface area contributed by atoms with Gasteiger partial charge in [0.15, 0.2) is 10.9 Å². The van der Waals surface area contributed by atoms with E-state index in [2.05, 4.69) is 4.98 Å². The molecule has 0 atom stereocenters. The zero-order chi connectivity index (χ0) is 12.4. The molecule has 0 bridgehead atoms. The maximum absolute atomic E-state index is 6.17. The number of hydrogen-bond donors (Lipinski definition) is 1. The van der Waals surface area contributed by atoms with Gasteiger partial charge >= 0.3 is 0 Å². The Bertz CT molecular complexity index is 542. The minimum atomic E-state index is 0.430. The Morgan fingerprint density at radius 2 is 2.06 bits per heavy atom. The third-order valence-electron chi connectivity index (χ3n) is 2.28. The van der Waals surface area contributed by atoms with Crippen LogP contribution in [0.2, 0.25) is 5.02 Å². The molecule has 6 heteroatoms. The van der Waals surface area contributed by atoms with E-state index in [9.17, 15) is 0 Å². The van der Waals surface area contributed by atoms with Gasteiger partial charge in [-0.3, -0.25) is 0 Å². The van der Waals surface area contributed by atoms with E-state index in [0.717, 1.165) is 11.3 Å². The van der Waals surface area contributed by atoms with Crippen LogP contribution < -0.4 is 15.2 Å². The summed E-state index contributed by atoms with van der Waals surface area (Å²) in [5, 5.41) is 2.80. The van der Waals surface area contributed by atoms with Gasteiger partial charge in [0.2, 0.25) is 0 Å². The summed E-state index contributed by atoms with van der Waals surface area (Å²) in [6.45, 7) is 0. The lowest BCUT2D eigenvalue weighted by molar-refractivity contribution is 0.396. The van der Waals surface area contributed by atoms with Gasteiger partial charge in [0.05, 0.1) is 19.9 Å². The van der Waals surface area contributed by atoms with Gasteiger partial charge in [0.1, 0.15) is 10.8 Å². The average Bonchev–Trinajstić information content (AvgIpc) is 2.75. The van der Waals surface area contributed by atoms with Gasteiger partial charge in [-0.25, -0.2) is 4.98 Å². The van der Waals surface area contributed by atoms with Crippen molar-refractivity contribution < 1.29 is 9.47 Å². The highest BCUT2D eigenvalue weighted by molar-refractivity contribution is 7.13. The second-order valence-corrected chi connectivity index (χ2v) is 4.50. The maximum atomic E-state index is 6.17. The van der Waals surface area contributed by atoms with Crippen molar-refractivity contribution >= 4 is 28.1 Å². The molecule has 2 aromatic rings. The van der Waals surface area contributed by atoms with Crippen molar-refractivity contribution in [2.24, 2.45) is 0 Å². The van der Waals surface area contributed by atoms with Crippen molar-refractivity contribution in [3.8, 4) is 22.8 Å². The highest BCUT2D eigenvalue weighted by Crippen LogP contribution is 2.41. The smallest absolute Gasteiger partial charge is 0.180 e. The number of hydrogen-bond acceptors (Lipinski definition) is 5. The van der Waals surface area contributed by atoms with Crippen LogP contribution in [0.3, 0.4) is 0 Å². The predicted molar refractivity (Wildman–Crippen MR) is 70.1 cm³/mol. The summed E-state index contributed by atoms with van der Waals surface area (Å²) in [5.41, 5.74) is 7.15. The molecule has 4 nitrogen and oxygen atoms in total. The number of anilines is 1. The molecule has 90 valence electrons. The molecular formula is C11H11ClN2O2S. The summed E-state index contributed by atoms with van der Waals surface area (Å²) in [6.07, 6.45) is 0. The molecule has 17 heavy (non-hydrogen) atoms. The number of aromatic nitrogens is 1. The van der Waals surface area contributed by atoms with Crippen LogP contribution >= 0.6 is 22.9 Å². The first-order valence-electron chi connectivity index (χ1n) is 4.79. The summed E-state index contributed by atoms with van der Waals surface area (Å²) in [6, 6.07) is 3.62. The van der Waals surface area contributed by atoms with Gasteiger partial charge in [-0.05, 0) is 12.1 Å². The largest absolute Gasteiger partial charge is 0.495 e. The molecule has 0 aliphatic carbocycles. The fourth-order valence-electron chi connectivity index (χ4n) is 1.51. The number of thiazole rings is 1. The average molecular weight is 271 g/mol. The molecule has 2 rings (SSSR count). The van der Waals surface area contributed by atoms with E-state index in [0.29, 0.717) is 21.7 Å². The number of halogens is 1. The van der Waals surface area contributed by atoms with Crippen LogP contribution in [0.25, 0.3) is 11.3 Å². The number of nitrogens with two attached hydrogens (primary N) is 1. The molecular weight excluding hydrogens is 260 g/mol. The molecule has 1 aromatic heterocycles. The van der Waals surface area contributed by atoms with E-state index in [-0.39, 0.29) is 0 Å². The van der Waals surface area contributed by atoms with Crippen LogP contribution in [-0.2, 0) is 0 Å². The molecule has 1 aromatic carbocycles. The van der Waals surface area contributed by atoms with Gasteiger partial charge in [-0.15, -0.1) is 11.3 Å². The van der Waals surface area contributed by atoms with Gasteiger partial charge in [-0.1, -0.05) is 11.6 Å². The van der Waals surface area contributed by atoms with Gasteiger partial charge < -0.3 is 15.2 Å². The van der Waals surface area contributed by atoms with Crippen molar-refractivity contribution in [2.45, 2.75) is 0 Å². The fraction of sp³-hybridized carbons (Fsp3) is 0.182. The summed E-state index contributed by atoms with van der Waals surface area (Å²) in [7, 11) is 3.11. The summed E-state index contributed by atoms with van der Waals surface area (Å²) >= 11 is 7.54. The highest BCUT2D eigenvalue weighted by Gasteiger charge is 2.16. The molecule has 0 radical (unpaired) electrons. The SMILES string of the molecule is COc1ccc(-c2csc(N)n2)c(OC)c1Cl. The van der Waals surface area contributed by atoms with Crippen LogP contribution in [-0.4, -0.2) is 19.2 Å². The minimum absolute atomic E-state index is 0.430. The van der Waals surface area contributed by atoms with E-state index in [4.69, 9.17) is 26.8 Å². The lowest BCUT2D eigenvalue weighted by Crippen LogP contribution is -1.93. The van der Waals surface area contributed by atoms with E-state index in [1.807, 2.05) is 11.4 Å². The molecule has 0 aliphatic heterocycles. The first kappa shape index (κ1) is 12.0. The van der Waals surface area contributed by atoms with E-state index >= 15 is 0 Å². The number of nitrogen functional groups attached to an aromatic ring is 1. The molecule has 0 amide bonds. The zero-order valence-electron chi connectivity index (χ0n) is 9.36. The molecule has 0 unspecified atom stereocenters. The van der Waals surface area contributed by atoms with Crippen LogP contribution in [0, 0.1) is 0 Å². The molecule has 0 fully saturated rings. The van der Waals surface area contributed by atoms with Crippen molar-refractivity contribution in [3.05, 3.63) is 22.5 Å². The van der Waals surface area contributed by atoms with Crippen LogP contribution in [0.5, 0.6) is 11.5 Å². The molecule has 0 saturated carbocycles. The van der Waals surface area contributed by atoms with Gasteiger partial charge in [-0.2, -0.15) is 0 Å². The monoisotopic (exact) mass is 270 g/mol. The molecule has 2 N–H and O–H groups in total. The summed E-state index contributed by atoms with van der Waals surface area (Å²) < 4.78 is 10.4. The van der Waals surface area contributed by atoms with Crippen molar-refractivity contribution in [3.63, 3.8) is 0 Å². The normalized spacial score (nSPS) is 10.3. The molecule has 0 aliphatic rings. The van der Waals surface area contributed by atoms with Gasteiger partial charge in [0.25, 0.3) is 0 Å². The summed E-state index contributed by atoms with van der Waals surface area (Å²) in [4.78, 5) is 4.20. The first-order chi connectivity index (χ1) is 8.17. The highest BCUT2D eigenvalue weighted by atomic mass is 35.5. The van der Waals surface area contributed by atoms with Crippen molar-refractivity contribution in [1.82, 2.24) is 4.98 Å². The number of rotatable bonds is 3. The maximum Gasteiger partial charge on any atom is 0.180 e. The molecule has 0 saturated heterocycles. The standard InChI is InChI=1S/C11H11ClN2O2S/c1-15-8-4-3-6(10(16-2)9(8)12)7-5-17-11(13)14-7/h3-5H,1-2H3,(H2,13,14). The van der Waals surface area contributed by atoms with Crippen LogP contribution in [0.15, 0.2) is 17.5 Å². The van der Waals surface area contributed by atoms with E-state index in [1.54, 1.807) is 20.3 Å². The van der Waals surface area contributed by atoms with E-state index < -0.39 is 0 Å². The van der Waals surface area contributed by atoms with Crippen molar-refractivity contribution in [2.75, 3.05) is 20.0 Å². The topological polar surface area (TPSA) is 57.4 Å². The molecule has 0 spiro atoms. The Kier molecular flexibility index (Phi) is 3.40. The second-order valence-electron chi connectivity index (χ2n) is 3.23. The third-order valence-corrected chi connectivity index (χ3v) is 3.32. The number of nitrogens with zero attached hydrogens (tertiary/aromatic N) is 1. The second kappa shape index (κ2) is 4.81. The first-order valence-corrected chi connectivity index (χ1v) is 6.05. The number of ether oxygens (including phenoxy) is 2. The zero-order valence-corrected chi connectivity index (χ0v) is 10.9. The molecule has 1 heterocycles. The number of methoxy groups -OCH3 is 2. The predicted octanol–water partition coefficient (Wildman–Crippen LogP) is 3.06. The minimum Gasteiger partial charge on any atom is -0.495 e. The Labute approximate surface area is 108 Å². The quantitative estimate of drug-likeness (QED) is 0.931. The number of benzene rings is 1. The Morgan fingerprint density at radius 3 is 2.59 bits per heavy atom. The van der Waals surface area contributed by atoms with E-state index in [1.165, 1.54) is 11.3 Å². The van der Waals surface area contributed by atoms with Crippen molar-refractivity contribution in [1.29, 1.82) is 0 Å². The third kappa shape index (κ3) is 2.16. The lowest BCUT2D eigenvalue weighted by Gasteiger charge is -2.11.